The Morgan fingerprint density at radius 2 is 2.00 bits per heavy atom. The molecule has 26 heavy (non-hydrogen) atoms. The molecule has 0 radical (unpaired) electrons. The van der Waals surface area contributed by atoms with Crippen molar-refractivity contribution in [1.29, 1.82) is 0 Å². The van der Waals surface area contributed by atoms with Crippen molar-refractivity contribution in [3.8, 4) is 0 Å². The lowest BCUT2D eigenvalue weighted by Crippen LogP contribution is -2.46. The van der Waals surface area contributed by atoms with E-state index >= 15 is 0 Å². The normalized spacial score (nSPS) is 16.2. The van der Waals surface area contributed by atoms with Crippen LogP contribution in [0.2, 0.25) is 5.02 Å². The van der Waals surface area contributed by atoms with Crippen molar-refractivity contribution >= 4 is 35.1 Å². The summed E-state index contributed by atoms with van der Waals surface area (Å²) in [6, 6.07) is 2.98. The van der Waals surface area contributed by atoms with Crippen LogP contribution in [0.3, 0.4) is 0 Å². The highest BCUT2D eigenvalue weighted by Crippen LogP contribution is 2.24. The van der Waals surface area contributed by atoms with Gasteiger partial charge in [-0.05, 0) is 25.0 Å². The highest BCUT2D eigenvalue weighted by atomic mass is 35.5. The second-order valence-corrected chi connectivity index (χ2v) is 6.67. The molecular weight excluding hydrogens is 358 g/mol. The fourth-order valence-corrected chi connectivity index (χ4v) is 3.21. The van der Waals surface area contributed by atoms with E-state index in [-0.39, 0.29) is 19.0 Å². The molecule has 3 heterocycles. The first-order valence-corrected chi connectivity index (χ1v) is 8.80. The van der Waals surface area contributed by atoms with Crippen LogP contribution in [0.5, 0.6) is 0 Å². The third kappa shape index (κ3) is 3.24. The highest BCUT2D eigenvalue weighted by Gasteiger charge is 2.49. The van der Waals surface area contributed by atoms with Crippen molar-refractivity contribution in [2.45, 2.75) is 38.8 Å². The van der Waals surface area contributed by atoms with Crippen LogP contribution in [0.25, 0.3) is 5.65 Å². The molecule has 0 unspecified atom stereocenters. The van der Waals surface area contributed by atoms with Crippen LogP contribution in [-0.2, 0) is 16.1 Å². The van der Waals surface area contributed by atoms with E-state index in [2.05, 4.69) is 15.6 Å². The molecule has 0 aromatic carbocycles. The number of nitrogens with zero attached hydrogens (tertiary/aromatic N) is 3. The minimum absolute atomic E-state index is 0.189. The molecule has 9 heteroatoms. The van der Waals surface area contributed by atoms with Gasteiger partial charge in [0.25, 0.3) is 5.91 Å². The summed E-state index contributed by atoms with van der Waals surface area (Å²) in [6.07, 6.45) is 4.44. The third-order valence-electron chi connectivity index (χ3n) is 4.69. The zero-order valence-electron chi connectivity index (χ0n) is 14.6. The van der Waals surface area contributed by atoms with Gasteiger partial charge in [-0.1, -0.05) is 25.4 Å². The van der Waals surface area contributed by atoms with Crippen molar-refractivity contribution in [3.05, 3.63) is 35.2 Å². The maximum absolute atomic E-state index is 12.5. The average molecular weight is 378 g/mol. The molecule has 0 saturated carbocycles. The molecule has 2 N–H and O–H groups in total. The zero-order chi connectivity index (χ0) is 18.9. The Bertz CT molecular complexity index is 874. The number of urea groups is 1. The lowest BCUT2D eigenvalue weighted by molar-refractivity contribution is -0.135. The third-order valence-corrected chi connectivity index (χ3v) is 4.91. The van der Waals surface area contributed by atoms with Gasteiger partial charge in [0.15, 0.2) is 0 Å². The summed E-state index contributed by atoms with van der Waals surface area (Å²) in [5.41, 5.74) is 0.454. The Balaban J connectivity index is 1.61. The molecule has 0 spiro atoms. The number of imide groups is 1. The predicted molar refractivity (Wildman–Crippen MR) is 95.6 cm³/mol. The van der Waals surface area contributed by atoms with E-state index in [1.165, 1.54) is 0 Å². The van der Waals surface area contributed by atoms with Crippen LogP contribution >= 0.6 is 11.6 Å². The number of carbonyl (C=O) groups is 3. The lowest BCUT2D eigenvalue weighted by Gasteiger charge is -2.22. The van der Waals surface area contributed by atoms with E-state index in [9.17, 15) is 14.4 Å². The molecule has 3 rings (SSSR count). The number of hydrogen-bond donors (Lipinski definition) is 2. The van der Waals surface area contributed by atoms with E-state index in [1.54, 1.807) is 28.9 Å². The van der Waals surface area contributed by atoms with Crippen molar-refractivity contribution in [1.82, 2.24) is 24.9 Å². The predicted octanol–water partition coefficient (Wildman–Crippen LogP) is 1.71. The highest BCUT2D eigenvalue weighted by molar-refractivity contribution is 6.30. The maximum atomic E-state index is 12.5. The molecule has 8 nitrogen and oxygen atoms in total. The van der Waals surface area contributed by atoms with E-state index in [0.29, 0.717) is 29.2 Å². The first-order chi connectivity index (χ1) is 12.4. The van der Waals surface area contributed by atoms with Crippen molar-refractivity contribution in [2.24, 2.45) is 0 Å². The summed E-state index contributed by atoms with van der Waals surface area (Å²) in [5.74, 6) is -0.781. The Morgan fingerprint density at radius 1 is 1.27 bits per heavy atom. The van der Waals surface area contributed by atoms with Gasteiger partial charge in [0.05, 0.1) is 17.3 Å². The molecule has 0 aliphatic carbocycles. The molecule has 1 aliphatic heterocycles. The second-order valence-electron chi connectivity index (χ2n) is 6.23. The number of imidazole rings is 1. The van der Waals surface area contributed by atoms with E-state index < -0.39 is 17.5 Å². The van der Waals surface area contributed by atoms with Gasteiger partial charge in [-0.15, -0.1) is 0 Å². The summed E-state index contributed by atoms with van der Waals surface area (Å²) in [5, 5.41) is 5.97. The number of pyridine rings is 1. The Hall–Kier alpha value is -2.61. The molecule has 0 atom stereocenters. The molecule has 138 valence electrons. The number of fused-ring (bicyclic) bond motifs is 1. The fraction of sp³-hybridized carbons (Fsp3) is 0.412. The van der Waals surface area contributed by atoms with Crippen LogP contribution in [-0.4, -0.2) is 44.2 Å². The number of rotatable bonds is 6. The van der Waals surface area contributed by atoms with Crippen molar-refractivity contribution < 1.29 is 14.4 Å². The van der Waals surface area contributed by atoms with Gasteiger partial charge in [0.2, 0.25) is 5.91 Å². The summed E-state index contributed by atoms with van der Waals surface area (Å²) in [4.78, 5) is 42.1. The van der Waals surface area contributed by atoms with Crippen LogP contribution in [0.15, 0.2) is 24.5 Å². The first-order valence-electron chi connectivity index (χ1n) is 8.42. The number of aromatic nitrogens is 2. The van der Waals surface area contributed by atoms with Crippen LogP contribution in [0.1, 0.15) is 32.4 Å². The van der Waals surface area contributed by atoms with Crippen molar-refractivity contribution in [2.75, 3.05) is 6.54 Å². The molecule has 1 aliphatic rings. The van der Waals surface area contributed by atoms with E-state index in [4.69, 9.17) is 11.6 Å². The van der Waals surface area contributed by atoms with Gasteiger partial charge in [-0.2, -0.15) is 0 Å². The largest absolute Gasteiger partial charge is 0.349 e. The number of amides is 4. The Labute approximate surface area is 155 Å². The standard InChI is InChI=1S/C17H20ClN5O3/c1-3-17(4-2)15(25)23(16(26)21-17)10-14(24)19-7-12-9-22-8-11(18)5-6-13(22)20-12/h5-6,8-9H,3-4,7,10H2,1-2H3,(H,19,24)(H,21,26). The molecular formula is C17H20ClN5O3. The topological polar surface area (TPSA) is 95.8 Å². The molecule has 0 bridgehead atoms. The average Bonchev–Trinajstić information content (AvgIpc) is 3.13. The van der Waals surface area contributed by atoms with Crippen LogP contribution in [0, 0.1) is 0 Å². The number of halogens is 1. The van der Waals surface area contributed by atoms with Gasteiger partial charge in [0.1, 0.15) is 17.7 Å². The zero-order valence-corrected chi connectivity index (χ0v) is 15.3. The minimum Gasteiger partial charge on any atom is -0.349 e. The lowest BCUT2D eigenvalue weighted by atomic mass is 9.93. The minimum atomic E-state index is -0.905. The van der Waals surface area contributed by atoms with Gasteiger partial charge < -0.3 is 15.0 Å². The molecule has 1 fully saturated rings. The summed E-state index contributed by atoms with van der Waals surface area (Å²) < 4.78 is 1.76. The van der Waals surface area contributed by atoms with E-state index in [1.807, 2.05) is 13.8 Å². The molecule has 2 aromatic rings. The van der Waals surface area contributed by atoms with Gasteiger partial charge >= 0.3 is 6.03 Å². The summed E-state index contributed by atoms with van der Waals surface area (Å²) in [6.45, 7) is 3.54. The Morgan fingerprint density at radius 3 is 2.65 bits per heavy atom. The number of hydrogen-bond acceptors (Lipinski definition) is 4. The molecule has 4 amide bonds. The maximum Gasteiger partial charge on any atom is 0.325 e. The van der Waals surface area contributed by atoms with Crippen molar-refractivity contribution in [3.63, 3.8) is 0 Å². The Kier molecular flexibility index (Phi) is 4.86. The van der Waals surface area contributed by atoms with Gasteiger partial charge in [-0.3, -0.25) is 14.5 Å². The van der Waals surface area contributed by atoms with E-state index in [0.717, 1.165) is 4.90 Å². The smallest absolute Gasteiger partial charge is 0.325 e. The van der Waals surface area contributed by atoms with Gasteiger partial charge in [-0.25, -0.2) is 9.78 Å². The molecule has 1 saturated heterocycles. The van der Waals surface area contributed by atoms with Crippen LogP contribution in [0.4, 0.5) is 4.79 Å². The van der Waals surface area contributed by atoms with Crippen LogP contribution < -0.4 is 10.6 Å². The quantitative estimate of drug-likeness (QED) is 0.749. The summed E-state index contributed by atoms with van der Waals surface area (Å²) in [7, 11) is 0. The number of carbonyl (C=O) groups excluding carboxylic acids is 3. The SMILES string of the molecule is CCC1(CC)NC(=O)N(CC(=O)NCc2cn3cc(Cl)ccc3n2)C1=O. The van der Waals surface area contributed by atoms with Gasteiger partial charge in [0, 0.05) is 12.4 Å². The second kappa shape index (κ2) is 6.95. The fourth-order valence-electron chi connectivity index (χ4n) is 3.04. The molecule has 2 aromatic heterocycles. The first kappa shape index (κ1) is 18.2. The monoisotopic (exact) mass is 377 g/mol. The number of nitrogens with one attached hydrogen (secondary N) is 2. The summed E-state index contributed by atoms with van der Waals surface area (Å²) >= 11 is 5.93.